The molecule has 0 aromatic rings. The van der Waals surface area contributed by atoms with E-state index < -0.39 is 0 Å². The summed E-state index contributed by atoms with van der Waals surface area (Å²) in [5, 5.41) is 2.84. The minimum absolute atomic E-state index is 0.0152. The zero-order chi connectivity index (χ0) is 13.5. The highest BCUT2D eigenvalue weighted by Crippen LogP contribution is 2.28. The number of hydrogen-bond acceptors (Lipinski definition) is 3. The summed E-state index contributed by atoms with van der Waals surface area (Å²) in [6, 6.07) is 0. The average Bonchev–Trinajstić information content (AvgIpc) is 3.06. The Morgan fingerprint density at radius 3 is 2.50 bits per heavy atom. The molecule has 1 fully saturated rings. The Kier molecular flexibility index (Phi) is 6.16. The van der Waals surface area contributed by atoms with E-state index in [4.69, 9.17) is 4.74 Å². The predicted molar refractivity (Wildman–Crippen MR) is 70.0 cm³/mol. The van der Waals surface area contributed by atoms with E-state index in [-0.39, 0.29) is 23.9 Å². The molecule has 0 aliphatic heterocycles. The van der Waals surface area contributed by atoms with Gasteiger partial charge in [0.1, 0.15) is 0 Å². The van der Waals surface area contributed by atoms with Crippen LogP contribution in [0.1, 0.15) is 52.9 Å². The van der Waals surface area contributed by atoms with Gasteiger partial charge in [0, 0.05) is 18.9 Å². The predicted octanol–water partition coefficient (Wildman–Crippen LogP) is 2.27. The molecule has 4 nitrogen and oxygen atoms in total. The number of carbonyl (C=O) groups is 2. The molecule has 1 atom stereocenters. The van der Waals surface area contributed by atoms with Crippen LogP contribution in [-0.4, -0.2) is 24.5 Å². The maximum absolute atomic E-state index is 11.5. The van der Waals surface area contributed by atoms with E-state index in [1.54, 1.807) is 0 Å². The van der Waals surface area contributed by atoms with Gasteiger partial charge in [-0.05, 0) is 38.5 Å². The quantitative estimate of drug-likeness (QED) is 0.534. The number of esters is 1. The van der Waals surface area contributed by atoms with Gasteiger partial charge in [-0.1, -0.05) is 13.8 Å². The Morgan fingerprint density at radius 2 is 1.94 bits per heavy atom. The second-order valence-electron chi connectivity index (χ2n) is 5.60. The van der Waals surface area contributed by atoms with Gasteiger partial charge in [0.15, 0.2) is 0 Å². The summed E-state index contributed by atoms with van der Waals surface area (Å²) in [7, 11) is 0. The Morgan fingerprint density at radius 1 is 1.28 bits per heavy atom. The highest BCUT2D eigenvalue weighted by atomic mass is 16.5. The van der Waals surface area contributed by atoms with E-state index in [0.717, 1.165) is 19.3 Å². The van der Waals surface area contributed by atoms with Crippen molar-refractivity contribution in [2.24, 2.45) is 11.8 Å². The molecule has 1 aliphatic carbocycles. The topological polar surface area (TPSA) is 55.4 Å². The summed E-state index contributed by atoms with van der Waals surface area (Å²) >= 11 is 0. The van der Waals surface area contributed by atoms with Crippen LogP contribution in [-0.2, 0) is 14.3 Å². The zero-order valence-corrected chi connectivity index (χ0v) is 11.7. The van der Waals surface area contributed by atoms with Gasteiger partial charge >= 0.3 is 5.97 Å². The summed E-state index contributed by atoms with van der Waals surface area (Å²) in [5.74, 6) is 0.744. The van der Waals surface area contributed by atoms with Crippen LogP contribution in [0.5, 0.6) is 0 Å². The number of amides is 1. The highest BCUT2D eigenvalue weighted by molar-refractivity contribution is 5.80. The first-order valence-electron chi connectivity index (χ1n) is 6.96. The molecule has 0 radical (unpaired) electrons. The van der Waals surface area contributed by atoms with Crippen LogP contribution >= 0.6 is 0 Å². The largest absolute Gasteiger partial charge is 0.463 e. The molecule has 18 heavy (non-hydrogen) atoms. The smallest absolute Gasteiger partial charge is 0.306 e. The van der Waals surface area contributed by atoms with Crippen LogP contribution in [0.2, 0.25) is 0 Å². The third-order valence-electron chi connectivity index (χ3n) is 2.94. The first-order chi connectivity index (χ1) is 8.49. The molecule has 0 aromatic heterocycles. The van der Waals surface area contributed by atoms with Crippen molar-refractivity contribution < 1.29 is 14.3 Å². The molecule has 1 N–H and O–H groups in total. The van der Waals surface area contributed by atoms with Crippen molar-refractivity contribution in [2.75, 3.05) is 6.54 Å². The number of hydrogen-bond donors (Lipinski definition) is 1. The molecular weight excluding hydrogens is 230 g/mol. The molecule has 0 spiro atoms. The summed E-state index contributed by atoms with van der Waals surface area (Å²) in [6.45, 7) is 6.71. The van der Waals surface area contributed by atoms with Crippen molar-refractivity contribution in [3.63, 3.8) is 0 Å². The van der Waals surface area contributed by atoms with Crippen LogP contribution in [0.4, 0.5) is 0 Å². The average molecular weight is 255 g/mol. The monoisotopic (exact) mass is 255 g/mol. The SMILES string of the molecule is CC(C)C[C@@H](C)OC(=O)CCCNC(=O)C1CC1. The molecule has 0 aromatic carbocycles. The van der Waals surface area contributed by atoms with E-state index in [9.17, 15) is 9.59 Å². The molecule has 0 heterocycles. The Hall–Kier alpha value is -1.06. The van der Waals surface area contributed by atoms with Gasteiger partial charge in [-0.15, -0.1) is 0 Å². The first-order valence-corrected chi connectivity index (χ1v) is 6.96. The molecule has 1 saturated carbocycles. The second kappa shape index (κ2) is 7.39. The van der Waals surface area contributed by atoms with E-state index in [1.807, 2.05) is 6.92 Å². The lowest BCUT2D eigenvalue weighted by molar-refractivity contribution is -0.149. The number of carbonyl (C=O) groups excluding carboxylic acids is 2. The van der Waals surface area contributed by atoms with Gasteiger partial charge in [0.2, 0.25) is 5.91 Å². The van der Waals surface area contributed by atoms with Crippen molar-refractivity contribution in [2.45, 2.75) is 59.0 Å². The third kappa shape index (κ3) is 6.62. The van der Waals surface area contributed by atoms with Crippen molar-refractivity contribution in [1.29, 1.82) is 0 Å². The standard InChI is InChI=1S/C14H25NO3/c1-10(2)9-11(3)18-13(16)5-4-8-15-14(17)12-6-7-12/h10-12H,4-9H2,1-3H3,(H,15,17)/t11-/m1/s1. The van der Waals surface area contributed by atoms with Crippen LogP contribution in [0, 0.1) is 11.8 Å². The van der Waals surface area contributed by atoms with E-state index in [2.05, 4.69) is 19.2 Å². The normalized spacial score (nSPS) is 16.4. The molecule has 4 heteroatoms. The van der Waals surface area contributed by atoms with Crippen molar-refractivity contribution in [1.82, 2.24) is 5.32 Å². The molecule has 104 valence electrons. The lowest BCUT2D eigenvalue weighted by Crippen LogP contribution is -2.26. The molecule has 1 amide bonds. The minimum atomic E-state index is -0.163. The Labute approximate surface area is 109 Å². The lowest BCUT2D eigenvalue weighted by atomic mass is 10.1. The third-order valence-corrected chi connectivity index (χ3v) is 2.94. The van der Waals surface area contributed by atoms with E-state index in [0.29, 0.717) is 25.3 Å². The fourth-order valence-electron chi connectivity index (χ4n) is 1.93. The van der Waals surface area contributed by atoms with Gasteiger partial charge in [-0.2, -0.15) is 0 Å². The van der Waals surface area contributed by atoms with Crippen LogP contribution < -0.4 is 5.32 Å². The van der Waals surface area contributed by atoms with E-state index in [1.165, 1.54) is 0 Å². The van der Waals surface area contributed by atoms with Gasteiger partial charge in [0.05, 0.1) is 6.10 Å². The van der Waals surface area contributed by atoms with Crippen molar-refractivity contribution in [3.05, 3.63) is 0 Å². The molecule has 0 unspecified atom stereocenters. The molecule has 1 aliphatic rings. The van der Waals surface area contributed by atoms with Crippen molar-refractivity contribution >= 4 is 11.9 Å². The van der Waals surface area contributed by atoms with Gasteiger partial charge in [-0.3, -0.25) is 9.59 Å². The van der Waals surface area contributed by atoms with Crippen LogP contribution in [0.3, 0.4) is 0 Å². The second-order valence-corrected chi connectivity index (χ2v) is 5.60. The fourth-order valence-corrected chi connectivity index (χ4v) is 1.93. The maximum Gasteiger partial charge on any atom is 0.306 e. The molecule has 0 bridgehead atoms. The summed E-state index contributed by atoms with van der Waals surface area (Å²) < 4.78 is 5.28. The minimum Gasteiger partial charge on any atom is -0.463 e. The van der Waals surface area contributed by atoms with E-state index >= 15 is 0 Å². The summed E-state index contributed by atoms with van der Waals surface area (Å²) in [6.07, 6.45) is 3.95. The summed E-state index contributed by atoms with van der Waals surface area (Å²) in [4.78, 5) is 22.8. The summed E-state index contributed by atoms with van der Waals surface area (Å²) in [5.41, 5.74) is 0. The molecule has 1 rings (SSSR count). The Bertz CT molecular complexity index is 285. The molecule has 0 saturated heterocycles. The van der Waals surface area contributed by atoms with Crippen LogP contribution in [0.15, 0.2) is 0 Å². The Balaban J connectivity index is 2.00. The van der Waals surface area contributed by atoms with Gasteiger partial charge < -0.3 is 10.1 Å². The highest BCUT2D eigenvalue weighted by Gasteiger charge is 2.29. The van der Waals surface area contributed by atoms with Crippen LogP contribution in [0.25, 0.3) is 0 Å². The number of ether oxygens (including phenoxy) is 1. The molecular formula is C14H25NO3. The fraction of sp³-hybridized carbons (Fsp3) is 0.857. The van der Waals surface area contributed by atoms with Gasteiger partial charge in [0.25, 0.3) is 0 Å². The lowest BCUT2D eigenvalue weighted by Gasteiger charge is -2.15. The van der Waals surface area contributed by atoms with Gasteiger partial charge in [-0.25, -0.2) is 0 Å². The number of rotatable bonds is 8. The number of nitrogens with one attached hydrogen (secondary N) is 1. The van der Waals surface area contributed by atoms with Crippen molar-refractivity contribution in [3.8, 4) is 0 Å². The zero-order valence-electron chi connectivity index (χ0n) is 11.7. The first kappa shape index (κ1) is 15.0. The maximum atomic E-state index is 11.5.